The lowest BCUT2D eigenvalue weighted by Gasteiger charge is -2.16. The number of allylic oxidation sites excluding steroid dienone is 1. The highest BCUT2D eigenvalue weighted by Crippen LogP contribution is 2.42. The van der Waals surface area contributed by atoms with E-state index in [1.807, 2.05) is 12.1 Å². The van der Waals surface area contributed by atoms with E-state index in [0.29, 0.717) is 5.84 Å². The van der Waals surface area contributed by atoms with Crippen LogP contribution in [-0.4, -0.2) is 11.5 Å². The highest BCUT2D eigenvalue weighted by Gasteiger charge is 2.27. The SMILES string of the molecule is N/N=C(\N=C(c1ccc(-c2cccc3ccccc23)cc1)c1ccc2ccccc2c1)C1=CCCc2oc3cccc(-c4ccccc4)c3c21. The second-order valence-corrected chi connectivity index (χ2v) is 12.7. The average molecular weight is 644 g/mol. The van der Waals surface area contributed by atoms with Crippen molar-refractivity contribution in [1.29, 1.82) is 0 Å². The summed E-state index contributed by atoms with van der Waals surface area (Å²) in [6.45, 7) is 0. The molecule has 7 aromatic carbocycles. The fraction of sp³-hybridized carbons (Fsp3) is 0.0435. The van der Waals surface area contributed by atoms with Crippen molar-refractivity contribution in [3.05, 3.63) is 186 Å². The van der Waals surface area contributed by atoms with Crippen molar-refractivity contribution >= 4 is 49.6 Å². The lowest BCUT2D eigenvalue weighted by Crippen LogP contribution is -2.13. The lowest BCUT2D eigenvalue weighted by atomic mass is 9.89. The summed E-state index contributed by atoms with van der Waals surface area (Å²) in [4.78, 5) is 5.34. The smallest absolute Gasteiger partial charge is 0.179 e. The van der Waals surface area contributed by atoms with E-state index in [2.05, 4.69) is 157 Å². The molecule has 4 heteroatoms. The van der Waals surface area contributed by atoms with Crippen molar-refractivity contribution in [2.24, 2.45) is 15.9 Å². The number of rotatable bonds is 5. The summed E-state index contributed by atoms with van der Waals surface area (Å²) in [7, 11) is 0. The van der Waals surface area contributed by atoms with Crippen LogP contribution in [0.15, 0.2) is 178 Å². The van der Waals surface area contributed by atoms with Crippen LogP contribution in [0.3, 0.4) is 0 Å². The fourth-order valence-electron chi connectivity index (χ4n) is 7.35. The van der Waals surface area contributed by atoms with E-state index in [0.717, 1.165) is 79.6 Å². The molecule has 0 unspecified atom stereocenters. The first-order chi connectivity index (χ1) is 24.7. The summed E-state index contributed by atoms with van der Waals surface area (Å²) in [6.07, 6.45) is 3.81. The van der Waals surface area contributed by atoms with Crippen LogP contribution in [0, 0.1) is 0 Å². The largest absolute Gasteiger partial charge is 0.460 e. The van der Waals surface area contributed by atoms with E-state index < -0.39 is 0 Å². The van der Waals surface area contributed by atoms with Gasteiger partial charge in [0, 0.05) is 34.1 Å². The predicted molar refractivity (Wildman–Crippen MR) is 209 cm³/mol. The van der Waals surface area contributed by atoms with Crippen molar-refractivity contribution in [2.75, 3.05) is 0 Å². The van der Waals surface area contributed by atoms with Gasteiger partial charge in [-0.2, -0.15) is 5.10 Å². The molecule has 0 radical (unpaired) electrons. The molecule has 0 aliphatic heterocycles. The standard InChI is InChI=1S/C46H33N3O/c47-49-46(40-20-10-22-42-44(40)43-39(19-9-21-41(43)50-42)32-12-2-1-3-13-32)48-45(36-28-23-30-11-4-5-15-35(30)29-36)34-26-24-33(25-27-34)38-18-8-16-31-14-6-7-17-37(31)38/h1-9,11-21,23-29H,10,22,47H2/b48-45?,49-46-. The van der Waals surface area contributed by atoms with Crippen LogP contribution in [0.4, 0.5) is 0 Å². The molecule has 1 aromatic heterocycles. The van der Waals surface area contributed by atoms with E-state index in [4.69, 9.17) is 15.3 Å². The minimum Gasteiger partial charge on any atom is -0.460 e. The van der Waals surface area contributed by atoms with Gasteiger partial charge in [-0.3, -0.25) is 0 Å². The van der Waals surface area contributed by atoms with Crippen LogP contribution in [0.1, 0.15) is 28.9 Å². The number of furan rings is 1. The Hall–Kier alpha value is -6.52. The normalized spacial score (nSPS) is 13.5. The van der Waals surface area contributed by atoms with Crippen LogP contribution in [0.25, 0.3) is 60.3 Å². The monoisotopic (exact) mass is 643 g/mol. The number of hydrogen-bond acceptors (Lipinski definition) is 3. The van der Waals surface area contributed by atoms with Crippen LogP contribution < -0.4 is 5.84 Å². The molecule has 0 saturated carbocycles. The first-order valence-corrected chi connectivity index (χ1v) is 17.0. The summed E-state index contributed by atoms with van der Waals surface area (Å²) in [5.41, 5.74) is 10.1. The Balaban J connectivity index is 1.20. The molecule has 0 fully saturated rings. The molecule has 238 valence electrons. The quantitative estimate of drug-likeness (QED) is 0.0878. The Morgan fingerprint density at radius 2 is 1.26 bits per heavy atom. The maximum Gasteiger partial charge on any atom is 0.179 e. The predicted octanol–water partition coefficient (Wildman–Crippen LogP) is 11.2. The molecule has 0 amide bonds. The topological polar surface area (TPSA) is 63.9 Å². The van der Waals surface area contributed by atoms with Crippen molar-refractivity contribution in [1.82, 2.24) is 0 Å². The Labute approximate surface area is 290 Å². The maximum absolute atomic E-state index is 6.50. The summed E-state index contributed by atoms with van der Waals surface area (Å²) < 4.78 is 6.50. The average Bonchev–Trinajstić information content (AvgIpc) is 3.58. The third-order valence-electron chi connectivity index (χ3n) is 9.72. The molecule has 4 nitrogen and oxygen atoms in total. The zero-order valence-corrected chi connectivity index (χ0v) is 27.4. The molecule has 9 rings (SSSR count). The van der Waals surface area contributed by atoms with Crippen molar-refractivity contribution in [2.45, 2.75) is 12.8 Å². The molecule has 8 aromatic rings. The Bertz CT molecular complexity index is 2640. The number of amidine groups is 1. The molecular weight excluding hydrogens is 611 g/mol. The van der Waals surface area contributed by atoms with Crippen molar-refractivity contribution < 1.29 is 4.42 Å². The molecule has 2 N–H and O–H groups in total. The zero-order chi connectivity index (χ0) is 33.4. The third-order valence-corrected chi connectivity index (χ3v) is 9.72. The summed E-state index contributed by atoms with van der Waals surface area (Å²) in [5.74, 6) is 7.68. The first-order valence-electron chi connectivity index (χ1n) is 17.0. The van der Waals surface area contributed by atoms with E-state index >= 15 is 0 Å². The van der Waals surface area contributed by atoms with E-state index in [9.17, 15) is 0 Å². The number of aryl methyl sites for hydroxylation is 1. The van der Waals surface area contributed by atoms with Gasteiger partial charge in [0.1, 0.15) is 11.3 Å². The molecule has 0 spiro atoms. The summed E-state index contributed by atoms with van der Waals surface area (Å²) >= 11 is 0. The van der Waals surface area contributed by atoms with E-state index in [1.54, 1.807) is 0 Å². The minimum atomic E-state index is 0.470. The second kappa shape index (κ2) is 12.5. The van der Waals surface area contributed by atoms with Gasteiger partial charge in [-0.05, 0) is 62.4 Å². The molecule has 1 aliphatic carbocycles. The molecule has 0 saturated heterocycles. The van der Waals surface area contributed by atoms with Crippen molar-refractivity contribution in [3.63, 3.8) is 0 Å². The van der Waals surface area contributed by atoms with Gasteiger partial charge in [0.25, 0.3) is 0 Å². The molecule has 0 atom stereocenters. The fourth-order valence-corrected chi connectivity index (χ4v) is 7.35. The van der Waals surface area contributed by atoms with Gasteiger partial charge in [-0.1, -0.05) is 152 Å². The van der Waals surface area contributed by atoms with Gasteiger partial charge < -0.3 is 10.3 Å². The lowest BCUT2D eigenvalue weighted by molar-refractivity contribution is 0.546. The minimum absolute atomic E-state index is 0.470. The second-order valence-electron chi connectivity index (χ2n) is 12.7. The van der Waals surface area contributed by atoms with Gasteiger partial charge in [-0.25, -0.2) is 4.99 Å². The first kappa shape index (κ1) is 29.6. The Morgan fingerprint density at radius 3 is 2.10 bits per heavy atom. The number of nitrogens with zero attached hydrogens (tertiary/aromatic N) is 2. The number of nitrogens with two attached hydrogens (primary N) is 1. The molecule has 0 bridgehead atoms. The Morgan fingerprint density at radius 1 is 0.580 bits per heavy atom. The molecule has 1 heterocycles. The molecule has 50 heavy (non-hydrogen) atoms. The van der Waals surface area contributed by atoms with E-state index in [1.165, 1.54) is 21.7 Å². The highest BCUT2D eigenvalue weighted by molar-refractivity contribution is 6.32. The van der Waals surface area contributed by atoms with Crippen LogP contribution in [0.5, 0.6) is 0 Å². The summed E-state index contributed by atoms with van der Waals surface area (Å²) in [5, 5.41) is 10.2. The molecular formula is C46H33N3O. The van der Waals surface area contributed by atoms with Crippen molar-refractivity contribution in [3.8, 4) is 22.3 Å². The van der Waals surface area contributed by atoms with Crippen LogP contribution in [-0.2, 0) is 6.42 Å². The van der Waals surface area contributed by atoms with E-state index in [-0.39, 0.29) is 0 Å². The van der Waals surface area contributed by atoms with Gasteiger partial charge >= 0.3 is 0 Å². The third kappa shape index (κ3) is 5.19. The number of hydrazone groups is 1. The van der Waals surface area contributed by atoms with Gasteiger partial charge in [-0.15, -0.1) is 0 Å². The summed E-state index contributed by atoms with van der Waals surface area (Å²) in [6, 6.07) is 55.2. The van der Waals surface area contributed by atoms with Gasteiger partial charge in [0.15, 0.2) is 5.84 Å². The number of aliphatic imine (C=N–C) groups is 1. The number of hydrogen-bond donors (Lipinski definition) is 1. The van der Waals surface area contributed by atoms with Crippen LogP contribution in [0.2, 0.25) is 0 Å². The number of fused-ring (bicyclic) bond motifs is 5. The zero-order valence-electron chi connectivity index (χ0n) is 27.4. The Kier molecular flexibility index (Phi) is 7.40. The van der Waals surface area contributed by atoms with Gasteiger partial charge in [0.2, 0.25) is 0 Å². The van der Waals surface area contributed by atoms with Gasteiger partial charge in [0.05, 0.1) is 5.71 Å². The highest BCUT2D eigenvalue weighted by atomic mass is 16.3. The number of benzene rings is 7. The van der Waals surface area contributed by atoms with Crippen LogP contribution >= 0.6 is 0 Å². The maximum atomic E-state index is 6.50. The molecule has 1 aliphatic rings.